The largest absolute Gasteiger partial charge is 0.461 e. The molecule has 0 fully saturated rings. The number of nitrogens with zero attached hydrogens (tertiary/aromatic N) is 3. The van der Waals surface area contributed by atoms with Gasteiger partial charge in [0.15, 0.2) is 5.75 Å². The van der Waals surface area contributed by atoms with Crippen LogP contribution >= 0.6 is 23.2 Å². The van der Waals surface area contributed by atoms with Crippen LogP contribution in [0.5, 0.6) is 17.8 Å². The van der Waals surface area contributed by atoms with E-state index in [-0.39, 0.29) is 24.1 Å². The number of anilines is 1. The number of hydrazine groups is 1. The second kappa shape index (κ2) is 6.75. The van der Waals surface area contributed by atoms with Crippen molar-refractivity contribution >= 4 is 29.2 Å². The topological polar surface area (TPSA) is 95.2 Å². The Bertz CT molecular complexity index is 639. The molecule has 0 aliphatic carbocycles. The number of aromatic nitrogens is 3. The molecule has 0 radical (unpaired) electrons. The third-order valence-corrected chi connectivity index (χ3v) is 2.71. The zero-order valence-electron chi connectivity index (χ0n) is 11.3. The first kappa shape index (κ1) is 15.6. The second-order valence-electron chi connectivity index (χ2n) is 4.21. The van der Waals surface area contributed by atoms with Crippen LogP contribution in [0.15, 0.2) is 18.2 Å². The summed E-state index contributed by atoms with van der Waals surface area (Å²) >= 11 is 11.9. The van der Waals surface area contributed by atoms with Crippen LogP contribution in [-0.4, -0.2) is 21.1 Å². The van der Waals surface area contributed by atoms with Gasteiger partial charge in [0, 0.05) is 11.1 Å². The summed E-state index contributed by atoms with van der Waals surface area (Å²) in [5.41, 5.74) is 2.31. The molecule has 1 aromatic heterocycles. The molecule has 0 bridgehead atoms. The molecule has 3 N–H and O–H groups in total. The van der Waals surface area contributed by atoms with Crippen molar-refractivity contribution in [3.63, 3.8) is 0 Å². The molecule has 0 saturated heterocycles. The normalized spacial score (nSPS) is 10.6. The molecule has 0 atom stereocenters. The Morgan fingerprint density at radius 1 is 1.14 bits per heavy atom. The lowest BCUT2D eigenvalue weighted by Crippen LogP contribution is -2.15. The van der Waals surface area contributed by atoms with Crippen LogP contribution in [0.4, 0.5) is 5.95 Å². The van der Waals surface area contributed by atoms with Crippen LogP contribution in [0.2, 0.25) is 10.0 Å². The maximum absolute atomic E-state index is 6.02. The molecule has 112 valence electrons. The van der Waals surface area contributed by atoms with Gasteiger partial charge in [-0.2, -0.15) is 9.97 Å². The van der Waals surface area contributed by atoms with E-state index in [1.54, 1.807) is 18.2 Å². The van der Waals surface area contributed by atoms with Crippen molar-refractivity contribution in [2.24, 2.45) is 5.84 Å². The van der Waals surface area contributed by atoms with E-state index in [1.165, 1.54) is 0 Å². The van der Waals surface area contributed by atoms with Gasteiger partial charge in [-0.3, -0.25) is 5.43 Å². The standard InChI is InChI=1S/C12H13Cl2N5O2/c1-6(2)20-11-16-10(19-15)17-12(18-11)21-9-5-7(13)3-4-8(9)14/h3-6H,15H2,1-2H3,(H,16,17,18,19). The summed E-state index contributed by atoms with van der Waals surface area (Å²) in [4.78, 5) is 11.9. The summed E-state index contributed by atoms with van der Waals surface area (Å²) in [6, 6.07) is 4.86. The van der Waals surface area contributed by atoms with Gasteiger partial charge < -0.3 is 9.47 Å². The van der Waals surface area contributed by atoms with Gasteiger partial charge in [-0.15, -0.1) is 4.98 Å². The Morgan fingerprint density at radius 3 is 2.52 bits per heavy atom. The first-order valence-electron chi connectivity index (χ1n) is 6.00. The molecule has 7 nitrogen and oxygen atoms in total. The molecule has 0 amide bonds. The van der Waals surface area contributed by atoms with E-state index in [0.29, 0.717) is 15.8 Å². The van der Waals surface area contributed by atoms with Gasteiger partial charge in [0.05, 0.1) is 11.1 Å². The molecule has 1 heterocycles. The molecule has 2 aromatic rings. The Hall–Kier alpha value is -1.83. The van der Waals surface area contributed by atoms with E-state index >= 15 is 0 Å². The SMILES string of the molecule is CC(C)Oc1nc(NN)nc(Oc2cc(Cl)ccc2Cl)n1. The Balaban J connectivity index is 2.32. The minimum Gasteiger partial charge on any atom is -0.461 e. The number of hydrogen-bond acceptors (Lipinski definition) is 7. The van der Waals surface area contributed by atoms with Gasteiger partial charge >= 0.3 is 12.0 Å². The minimum absolute atomic E-state index is 0.0160. The first-order valence-corrected chi connectivity index (χ1v) is 6.76. The molecule has 0 aliphatic rings. The number of hydrogen-bond donors (Lipinski definition) is 2. The number of rotatable bonds is 5. The third-order valence-electron chi connectivity index (χ3n) is 2.16. The summed E-state index contributed by atoms with van der Waals surface area (Å²) in [6.45, 7) is 3.68. The number of nitrogen functional groups attached to an aromatic ring is 1. The Labute approximate surface area is 131 Å². The fourth-order valence-corrected chi connectivity index (χ4v) is 1.68. The van der Waals surface area contributed by atoms with Crippen molar-refractivity contribution in [2.75, 3.05) is 5.43 Å². The van der Waals surface area contributed by atoms with E-state index in [1.807, 2.05) is 13.8 Å². The average Bonchev–Trinajstić information content (AvgIpc) is 2.42. The maximum atomic E-state index is 6.02. The zero-order chi connectivity index (χ0) is 15.4. The average molecular weight is 330 g/mol. The van der Waals surface area contributed by atoms with Crippen molar-refractivity contribution in [3.05, 3.63) is 28.2 Å². The van der Waals surface area contributed by atoms with Gasteiger partial charge in [-0.05, 0) is 26.0 Å². The predicted octanol–water partition coefficient (Wildman–Crippen LogP) is 3.04. The first-order chi connectivity index (χ1) is 9.97. The van der Waals surface area contributed by atoms with E-state index in [2.05, 4.69) is 20.4 Å². The molecule has 0 unspecified atom stereocenters. The lowest BCUT2D eigenvalue weighted by molar-refractivity contribution is 0.218. The van der Waals surface area contributed by atoms with E-state index in [4.69, 9.17) is 38.5 Å². The van der Waals surface area contributed by atoms with Crippen molar-refractivity contribution < 1.29 is 9.47 Å². The molecule has 0 spiro atoms. The summed E-state index contributed by atoms with van der Waals surface area (Å²) in [6.07, 6.45) is -0.111. The van der Waals surface area contributed by atoms with E-state index < -0.39 is 0 Å². The summed E-state index contributed by atoms with van der Waals surface area (Å²) < 4.78 is 10.9. The van der Waals surface area contributed by atoms with Gasteiger partial charge in [-0.25, -0.2) is 5.84 Å². The van der Waals surface area contributed by atoms with E-state index in [9.17, 15) is 0 Å². The molecule has 9 heteroatoms. The highest BCUT2D eigenvalue weighted by atomic mass is 35.5. The molecular formula is C12H13Cl2N5O2. The third kappa shape index (κ3) is 4.32. The Kier molecular flexibility index (Phi) is 5.00. The van der Waals surface area contributed by atoms with Crippen LogP contribution in [0, 0.1) is 0 Å². The van der Waals surface area contributed by atoms with Crippen LogP contribution in [0.3, 0.4) is 0 Å². The van der Waals surface area contributed by atoms with Crippen LogP contribution in [0.1, 0.15) is 13.8 Å². The quantitative estimate of drug-likeness (QED) is 0.642. The lowest BCUT2D eigenvalue weighted by Gasteiger charge is -2.11. The fraction of sp³-hybridized carbons (Fsp3) is 0.250. The van der Waals surface area contributed by atoms with Crippen LogP contribution < -0.4 is 20.7 Å². The van der Waals surface area contributed by atoms with Crippen molar-refractivity contribution in [1.29, 1.82) is 0 Å². The highest BCUT2D eigenvalue weighted by molar-refractivity contribution is 6.34. The molecule has 0 aliphatic heterocycles. The number of benzene rings is 1. The molecular weight excluding hydrogens is 317 g/mol. The van der Waals surface area contributed by atoms with Crippen LogP contribution in [0.25, 0.3) is 0 Å². The van der Waals surface area contributed by atoms with Crippen molar-refractivity contribution in [1.82, 2.24) is 15.0 Å². The van der Waals surface area contributed by atoms with Gasteiger partial charge in [0.1, 0.15) is 0 Å². The summed E-state index contributed by atoms with van der Waals surface area (Å²) in [7, 11) is 0. The number of ether oxygens (including phenoxy) is 2. The van der Waals surface area contributed by atoms with E-state index in [0.717, 1.165) is 0 Å². The molecule has 2 rings (SSSR count). The van der Waals surface area contributed by atoms with Crippen molar-refractivity contribution in [3.8, 4) is 17.8 Å². The highest BCUT2D eigenvalue weighted by Crippen LogP contribution is 2.31. The molecule has 0 saturated carbocycles. The van der Waals surface area contributed by atoms with Gasteiger partial charge in [0.2, 0.25) is 5.95 Å². The predicted molar refractivity (Wildman–Crippen MR) is 79.9 cm³/mol. The summed E-state index contributed by atoms with van der Waals surface area (Å²) in [5, 5.41) is 0.840. The van der Waals surface area contributed by atoms with Gasteiger partial charge in [0.25, 0.3) is 0 Å². The lowest BCUT2D eigenvalue weighted by atomic mass is 10.3. The zero-order valence-corrected chi connectivity index (χ0v) is 12.8. The molecule has 1 aromatic carbocycles. The fourth-order valence-electron chi connectivity index (χ4n) is 1.37. The number of nitrogens with two attached hydrogens (primary N) is 1. The van der Waals surface area contributed by atoms with Crippen molar-refractivity contribution in [2.45, 2.75) is 20.0 Å². The Morgan fingerprint density at radius 2 is 1.86 bits per heavy atom. The highest BCUT2D eigenvalue weighted by Gasteiger charge is 2.12. The van der Waals surface area contributed by atoms with Gasteiger partial charge in [-0.1, -0.05) is 23.2 Å². The maximum Gasteiger partial charge on any atom is 0.330 e. The van der Waals surface area contributed by atoms with Crippen LogP contribution in [-0.2, 0) is 0 Å². The monoisotopic (exact) mass is 329 g/mol. The summed E-state index contributed by atoms with van der Waals surface area (Å²) in [5.74, 6) is 5.72. The molecule has 21 heavy (non-hydrogen) atoms. The smallest absolute Gasteiger partial charge is 0.330 e. The minimum atomic E-state index is -0.111. The number of halogens is 2. The number of nitrogens with one attached hydrogen (secondary N) is 1. The second-order valence-corrected chi connectivity index (χ2v) is 5.06.